The summed E-state index contributed by atoms with van der Waals surface area (Å²) in [6, 6.07) is 0.391. The monoisotopic (exact) mass is 244 g/mol. The number of nitrogens with one attached hydrogen (secondary N) is 1. The van der Waals surface area contributed by atoms with E-state index in [1.54, 1.807) is 0 Å². The van der Waals surface area contributed by atoms with Gasteiger partial charge in [0.25, 0.3) is 0 Å². The van der Waals surface area contributed by atoms with E-state index in [1.807, 2.05) is 18.7 Å². The zero-order chi connectivity index (χ0) is 12.0. The summed E-state index contributed by atoms with van der Waals surface area (Å²) in [5.74, 6) is 1.60. The van der Waals surface area contributed by atoms with Crippen molar-refractivity contribution in [1.29, 1.82) is 0 Å². The van der Waals surface area contributed by atoms with E-state index in [2.05, 4.69) is 12.2 Å². The molecular formula is C12H24N2OS. The van der Waals surface area contributed by atoms with Gasteiger partial charge in [0.05, 0.1) is 0 Å². The Labute approximate surface area is 103 Å². The molecule has 0 saturated heterocycles. The summed E-state index contributed by atoms with van der Waals surface area (Å²) in [5, 5.41) is 3.79. The molecule has 94 valence electrons. The van der Waals surface area contributed by atoms with Crippen molar-refractivity contribution in [1.82, 2.24) is 5.32 Å². The Morgan fingerprint density at radius 2 is 2.31 bits per heavy atom. The molecular weight excluding hydrogens is 220 g/mol. The summed E-state index contributed by atoms with van der Waals surface area (Å²) >= 11 is 1.97. The maximum absolute atomic E-state index is 11.7. The van der Waals surface area contributed by atoms with E-state index in [0.717, 1.165) is 12.2 Å². The number of hydrogen-bond acceptors (Lipinski definition) is 3. The van der Waals surface area contributed by atoms with Crippen LogP contribution < -0.4 is 11.1 Å². The van der Waals surface area contributed by atoms with Crippen molar-refractivity contribution in [3.63, 3.8) is 0 Å². The van der Waals surface area contributed by atoms with Crippen LogP contribution in [0.5, 0.6) is 0 Å². The zero-order valence-corrected chi connectivity index (χ0v) is 11.2. The Kier molecular flexibility index (Phi) is 6.21. The quantitative estimate of drug-likeness (QED) is 0.748. The molecule has 3 N–H and O–H groups in total. The largest absolute Gasteiger partial charge is 0.352 e. The number of hydrogen-bond donors (Lipinski definition) is 2. The third kappa shape index (κ3) is 4.34. The summed E-state index contributed by atoms with van der Waals surface area (Å²) < 4.78 is 0. The molecule has 4 heteroatoms. The minimum Gasteiger partial charge on any atom is -0.352 e. The summed E-state index contributed by atoms with van der Waals surface area (Å²) in [7, 11) is 0. The van der Waals surface area contributed by atoms with Crippen molar-refractivity contribution in [2.45, 2.75) is 50.8 Å². The number of rotatable bonds is 6. The van der Waals surface area contributed by atoms with Crippen molar-refractivity contribution in [2.24, 2.45) is 11.7 Å². The third-order valence-electron chi connectivity index (χ3n) is 3.12. The average molecular weight is 244 g/mol. The minimum atomic E-state index is 0.173. The van der Waals surface area contributed by atoms with Crippen molar-refractivity contribution < 1.29 is 4.79 Å². The topological polar surface area (TPSA) is 55.1 Å². The van der Waals surface area contributed by atoms with Gasteiger partial charge in [-0.1, -0.05) is 20.3 Å². The number of carbonyl (C=O) groups is 1. The van der Waals surface area contributed by atoms with Crippen LogP contribution in [0.1, 0.15) is 39.5 Å². The van der Waals surface area contributed by atoms with Gasteiger partial charge in [-0.05, 0) is 31.1 Å². The van der Waals surface area contributed by atoms with Gasteiger partial charge in [0, 0.05) is 17.7 Å². The Hall–Kier alpha value is -0.220. The van der Waals surface area contributed by atoms with E-state index in [1.165, 1.54) is 12.8 Å². The number of amides is 1. The van der Waals surface area contributed by atoms with Crippen molar-refractivity contribution in [3.8, 4) is 0 Å². The maximum Gasteiger partial charge on any atom is 0.220 e. The second kappa shape index (κ2) is 7.17. The summed E-state index contributed by atoms with van der Waals surface area (Å²) in [4.78, 5) is 11.7. The molecule has 0 heterocycles. The van der Waals surface area contributed by atoms with E-state index in [-0.39, 0.29) is 5.91 Å². The molecule has 3 nitrogen and oxygen atoms in total. The molecule has 16 heavy (non-hydrogen) atoms. The number of carbonyl (C=O) groups excluding carboxylic acids is 1. The van der Waals surface area contributed by atoms with Gasteiger partial charge < -0.3 is 11.1 Å². The van der Waals surface area contributed by atoms with Crippen LogP contribution in [-0.4, -0.2) is 29.5 Å². The third-order valence-corrected chi connectivity index (χ3v) is 4.44. The molecule has 0 aliphatic heterocycles. The molecule has 1 aliphatic carbocycles. The van der Waals surface area contributed by atoms with Gasteiger partial charge in [0.15, 0.2) is 0 Å². The van der Waals surface area contributed by atoms with Crippen LogP contribution in [0, 0.1) is 5.92 Å². The fraction of sp³-hybridized carbons (Fsp3) is 0.917. The highest BCUT2D eigenvalue weighted by Crippen LogP contribution is 2.29. The standard InChI is InChI=1S/C12H24N2OS/c1-3-16-11-6-4-5-10(11)14-12(15)7-9(2)8-13/h9-11H,3-8,13H2,1-2H3,(H,14,15). The molecule has 1 rings (SSSR count). The van der Waals surface area contributed by atoms with E-state index in [9.17, 15) is 4.79 Å². The fourth-order valence-electron chi connectivity index (χ4n) is 2.17. The smallest absolute Gasteiger partial charge is 0.220 e. The maximum atomic E-state index is 11.7. The lowest BCUT2D eigenvalue weighted by molar-refractivity contribution is -0.122. The molecule has 0 aromatic heterocycles. The van der Waals surface area contributed by atoms with Crippen LogP contribution in [0.25, 0.3) is 0 Å². The first-order valence-electron chi connectivity index (χ1n) is 6.28. The highest BCUT2D eigenvalue weighted by Gasteiger charge is 2.28. The Morgan fingerprint density at radius 3 is 2.94 bits per heavy atom. The van der Waals surface area contributed by atoms with Gasteiger partial charge in [-0.2, -0.15) is 11.8 Å². The van der Waals surface area contributed by atoms with Gasteiger partial charge in [0.1, 0.15) is 0 Å². The lowest BCUT2D eigenvalue weighted by Gasteiger charge is -2.21. The molecule has 0 aromatic carbocycles. The van der Waals surface area contributed by atoms with Crippen molar-refractivity contribution in [3.05, 3.63) is 0 Å². The molecule has 1 amide bonds. The van der Waals surface area contributed by atoms with Gasteiger partial charge >= 0.3 is 0 Å². The Morgan fingerprint density at radius 1 is 1.56 bits per heavy atom. The fourth-order valence-corrected chi connectivity index (χ4v) is 3.37. The Balaban J connectivity index is 2.32. The average Bonchev–Trinajstić information content (AvgIpc) is 2.66. The minimum absolute atomic E-state index is 0.173. The van der Waals surface area contributed by atoms with Gasteiger partial charge in [0.2, 0.25) is 5.91 Å². The molecule has 0 radical (unpaired) electrons. The van der Waals surface area contributed by atoms with Crippen LogP contribution in [-0.2, 0) is 4.79 Å². The lowest BCUT2D eigenvalue weighted by Crippen LogP contribution is -2.39. The SMILES string of the molecule is CCSC1CCCC1NC(=O)CC(C)CN. The number of nitrogens with two attached hydrogens (primary N) is 1. The predicted molar refractivity (Wildman–Crippen MR) is 70.5 cm³/mol. The van der Waals surface area contributed by atoms with Crippen LogP contribution in [0.3, 0.4) is 0 Å². The highest BCUT2D eigenvalue weighted by molar-refractivity contribution is 7.99. The summed E-state index contributed by atoms with van der Waals surface area (Å²) in [6.07, 6.45) is 4.20. The molecule has 3 atom stereocenters. The van der Waals surface area contributed by atoms with E-state index in [4.69, 9.17) is 5.73 Å². The first-order chi connectivity index (χ1) is 7.67. The highest BCUT2D eigenvalue weighted by atomic mass is 32.2. The summed E-state index contributed by atoms with van der Waals surface area (Å²) in [5.41, 5.74) is 5.52. The molecule has 0 bridgehead atoms. The molecule has 1 saturated carbocycles. The van der Waals surface area contributed by atoms with Crippen LogP contribution in [0.15, 0.2) is 0 Å². The molecule has 1 fully saturated rings. The zero-order valence-electron chi connectivity index (χ0n) is 10.4. The van der Waals surface area contributed by atoms with Crippen LogP contribution >= 0.6 is 11.8 Å². The second-order valence-corrected chi connectivity index (χ2v) is 6.16. The van der Waals surface area contributed by atoms with E-state index in [0.29, 0.717) is 30.2 Å². The van der Waals surface area contributed by atoms with Crippen molar-refractivity contribution in [2.75, 3.05) is 12.3 Å². The predicted octanol–water partition coefficient (Wildman–Crippen LogP) is 1.76. The van der Waals surface area contributed by atoms with Crippen LogP contribution in [0.4, 0.5) is 0 Å². The summed E-state index contributed by atoms with van der Waals surface area (Å²) in [6.45, 7) is 4.79. The molecule has 0 spiro atoms. The van der Waals surface area contributed by atoms with Crippen LogP contribution in [0.2, 0.25) is 0 Å². The first kappa shape index (κ1) is 13.8. The molecule has 0 aromatic rings. The van der Waals surface area contributed by atoms with E-state index >= 15 is 0 Å². The number of thioether (sulfide) groups is 1. The first-order valence-corrected chi connectivity index (χ1v) is 7.33. The second-order valence-electron chi connectivity index (χ2n) is 4.64. The van der Waals surface area contributed by atoms with Gasteiger partial charge in [-0.3, -0.25) is 4.79 Å². The van der Waals surface area contributed by atoms with E-state index < -0.39 is 0 Å². The normalized spacial score (nSPS) is 26.7. The van der Waals surface area contributed by atoms with Crippen molar-refractivity contribution >= 4 is 17.7 Å². The van der Waals surface area contributed by atoms with Gasteiger partial charge in [-0.25, -0.2) is 0 Å². The molecule has 1 aliphatic rings. The Bertz CT molecular complexity index is 223. The molecule has 3 unspecified atom stereocenters. The van der Waals surface area contributed by atoms with Gasteiger partial charge in [-0.15, -0.1) is 0 Å². The lowest BCUT2D eigenvalue weighted by atomic mass is 10.1.